The van der Waals surface area contributed by atoms with Crippen LogP contribution in [0.3, 0.4) is 0 Å². The maximum Gasteiger partial charge on any atom is 0.270 e. The van der Waals surface area contributed by atoms with E-state index in [2.05, 4.69) is 17.1 Å². The summed E-state index contributed by atoms with van der Waals surface area (Å²) in [6.45, 7) is 1.99. The summed E-state index contributed by atoms with van der Waals surface area (Å²) in [6.07, 6.45) is 4.07. The molecule has 1 aromatic carbocycles. The van der Waals surface area contributed by atoms with Crippen LogP contribution >= 0.6 is 0 Å². The van der Waals surface area contributed by atoms with Gasteiger partial charge in [-0.25, -0.2) is 13.8 Å². The van der Waals surface area contributed by atoms with Crippen LogP contribution in [0.5, 0.6) is 0 Å². The van der Waals surface area contributed by atoms with Crippen LogP contribution in [0.4, 0.5) is 14.6 Å². The number of carbonyl (C=O) groups is 1. The molecule has 4 heterocycles. The van der Waals surface area contributed by atoms with Gasteiger partial charge in [-0.2, -0.15) is 0 Å². The predicted molar refractivity (Wildman–Crippen MR) is 108 cm³/mol. The first kappa shape index (κ1) is 19.4. The number of hydrogen-bond acceptors (Lipinski definition) is 4. The molecule has 30 heavy (non-hydrogen) atoms. The van der Waals surface area contributed by atoms with Crippen molar-refractivity contribution >= 4 is 11.7 Å². The summed E-state index contributed by atoms with van der Waals surface area (Å²) in [4.78, 5) is 21.6. The van der Waals surface area contributed by atoms with Crippen LogP contribution in [0.15, 0.2) is 48.7 Å². The monoisotopic (exact) mass is 413 g/mol. The average Bonchev–Trinajstić information content (AvgIpc) is 3.27. The number of halogens is 2. The Bertz CT molecular complexity index is 939. The van der Waals surface area contributed by atoms with Crippen LogP contribution in [0, 0.1) is 0 Å². The van der Waals surface area contributed by atoms with E-state index >= 15 is 0 Å². The van der Waals surface area contributed by atoms with Crippen molar-refractivity contribution in [2.24, 2.45) is 0 Å². The highest BCUT2D eigenvalue weighted by Gasteiger charge is 2.58. The van der Waals surface area contributed by atoms with E-state index in [0.717, 1.165) is 25.3 Å². The van der Waals surface area contributed by atoms with Gasteiger partial charge in [0.1, 0.15) is 12.0 Å². The molecule has 5 nitrogen and oxygen atoms in total. The van der Waals surface area contributed by atoms with Crippen molar-refractivity contribution in [1.82, 2.24) is 9.88 Å². The Labute approximate surface area is 174 Å². The summed E-state index contributed by atoms with van der Waals surface area (Å²) in [7, 11) is 0. The molecule has 1 unspecified atom stereocenters. The van der Waals surface area contributed by atoms with Gasteiger partial charge < -0.3 is 14.5 Å². The molecule has 7 heteroatoms. The van der Waals surface area contributed by atoms with Gasteiger partial charge in [0, 0.05) is 44.6 Å². The number of anilines is 1. The van der Waals surface area contributed by atoms with E-state index in [1.807, 2.05) is 28.0 Å². The quantitative estimate of drug-likeness (QED) is 0.755. The third kappa shape index (κ3) is 3.16. The second kappa shape index (κ2) is 7.01. The van der Waals surface area contributed by atoms with Crippen molar-refractivity contribution in [1.29, 1.82) is 0 Å². The summed E-state index contributed by atoms with van der Waals surface area (Å²) < 4.78 is 33.7. The van der Waals surface area contributed by atoms with Crippen molar-refractivity contribution < 1.29 is 18.3 Å². The standard InChI is InChI=1S/C23H25F2N3O2/c1-22(24,25)17-9-12-26-19(15-17)27-13-10-23(11-14-27)21(29)28-18(7-8-20(28)30-23)16-5-3-2-4-6-16/h2-6,9,12,15,18,20H,7-8,10-11,13-14H2,1H3/t18-,20?/m0/s1. The minimum Gasteiger partial charge on any atom is -0.356 e. The van der Waals surface area contributed by atoms with E-state index in [1.54, 1.807) is 0 Å². The molecule has 3 aliphatic heterocycles. The fourth-order valence-electron chi connectivity index (χ4n) is 5.01. The number of benzene rings is 1. The number of fused-ring (bicyclic) bond motifs is 1. The first-order valence-electron chi connectivity index (χ1n) is 10.5. The lowest BCUT2D eigenvalue weighted by Gasteiger charge is -2.38. The summed E-state index contributed by atoms with van der Waals surface area (Å²) in [5.74, 6) is -2.31. The summed E-state index contributed by atoms with van der Waals surface area (Å²) in [5.41, 5.74) is 0.293. The normalized spacial score (nSPS) is 25.8. The molecule has 0 saturated carbocycles. The van der Waals surface area contributed by atoms with E-state index in [1.165, 1.54) is 18.3 Å². The summed E-state index contributed by atoms with van der Waals surface area (Å²) in [6, 6.07) is 13.0. The molecule has 0 aliphatic carbocycles. The van der Waals surface area contributed by atoms with Gasteiger partial charge in [0.2, 0.25) is 0 Å². The Balaban J connectivity index is 1.32. The molecule has 3 fully saturated rings. The molecule has 0 bridgehead atoms. The number of hydrogen-bond donors (Lipinski definition) is 0. The number of nitrogens with zero attached hydrogens (tertiary/aromatic N) is 3. The van der Waals surface area contributed by atoms with Gasteiger partial charge in [-0.05, 0) is 30.5 Å². The average molecular weight is 413 g/mol. The molecule has 0 N–H and O–H groups in total. The number of ether oxygens (including phenoxy) is 1. The molecule has 5 rings (SSSR count). The zero-order valence-corrected chi connectivity index (χ0v) is 16.9. The number of piperidine rings is 1. The highest BCUT2D eigenvalue weighted by molar-refractivity contribution is 5.88. The van der Waals surface area contributed by atoms with E-state index in [4.69, 9.17) is 4.74 Å². The van der Waals surface area contributed by atoms with Crippen molar-refractivity contribution in [2.45, 2.75) is 56.4 Å². The third-order valence-electron chi connectivity index (χ3n) is 6.65. The lowest BCUT2D eigenvalue weighted by Crippen LogP contribution is -2.50. The Hall–Kier alpha value is -2.54. The van der Waals surface area contributed by atoms with Gasteiger partial charge >= 0.3 is 0 Å². The van der Waals surface area contributed by atoms with Gasteiger partial charge in [0.25, 0.3) is 11.8 Å². The van der Waals surface area contributed by atoms with Crippen LogP contribution in [0.1, 0.15) is 49.8 Å². The zero-order chi connectivity index (χ0) is 20.9. The minimum atomic E-state index is -2.91. The molecule has 3 aliphatic rings. The second-order valence-corrected chi connectivity index (χ2v) is 8.56. The van der Waals surface area contributed by atoms with Crippen molar-refractivity contribution in [3.05, 3.63) is 59.8 Å². The molecular weight excluding hydrogens is 388 g/mol. The number of amides is 1. The fraction of sp³-hybridized carbons (Fsp3) is 0.478. The molecular formula is C23H25F2N3O2. The number of aromatic nitrogens is 1. The largest absolute Gasteiger partial charge is 0.356 e. The molecule has 1 aromatic heterocycles. The van der Waals surface area contributed by atoms with Gasteiger partial charge in [-0.3, -0.25) is 4.79 Å². The maximum atomic E-state index is 13.7. The maximum absolute atomic E-state index is 13.7. The molecule has 158 valence electrons. The Morgan fingerprint density at radius 1 is 1.13 bits per heavy atom. The van der Waals surface area contributed by atoms with E-state index in [-0.39, 0.29) is 23.7 Å². The van der Waals surface area contributed by atoms with Crippen LogP contribution < -0.4 is 4.90 Å². The van der Waals surface area contributed by atoms with Crippen LogP contribution in [0.2, 0.25) is 0 Å². The first-order valence-corrected chi connectivity index (χ1v) is 10.5. The first-order chi connectivity index (χ1) is 14.4. The van der Waals surface area contributed by atoms with Crippen molar-refractivity contribution in [2.75, 3.05) is 18.0 Å². The number of alkyl halides is 2. The summed E-state index contributed by atoms with van der Waals surface area (Å²) in [5, 5.41) is 0. The highest BCUT2D eigenvalue weighted by atomic mass is 19.3. The molecule has 1 spiro atoms. The van der Waals surface area contributed by atoms with E-state index in [9.17, 15) is 13.6 Å². The van der Waals surface area contributed by atoms with E-state index < -0.39 is 11.5 Å². The lowest BCUT2D eigenvalue weighted by atomic mass is 9.89. The molecule has 0 radical (unpaired) electrons. The Kier molecular flexibility index (Phi) is 4.54. The van der Waals surface area contributed by atoms with Crippen LogP contribution in [0.25, 0.3) is 0 Å². The molecule has 2 atom stereocenters. The number of pyridine rings is 1. The Morgan fingerprint density at radius 2 is 1.87 bits per heavy atom. The Morgan fingerprint density at radius 3 is 2.57 bits per heavy atom. The van der Waals surface area contributed by atoms with Crippen LogP contribution in [-0.4, -0.2) is 40.7 Å². The van der Waals surface area contributed by atoms with Gasteiger partial charge in [-0.15, -0.1) is 0 Å². The smallest absolute Gasteiger partial charge is 0.270 e. The topological polar surface area (TPSA) is 45.7 Å². The SMILES string of the molecule is CC(F)(F)c1ccnc(N2CCC3(CC2)OC2CC[C@@H](c4ccccc4)N2C3=O)c1. The lowest BCUT2D eigenvalue weighted by molar-refractivity contribution is -0.140. The number of rotatable bonds is 3. The summed E-state index contributed by atoms with van der Waals surface area (Å²) >= 11 is 0. The van der Waals surface area contributed by atoms with Crippen molar-refractivity contribution in [3.8, 4) is 0 Å². The number of carbonyl (C=O) groups excluding carboxylic acids is 1. The van der Waals surface area contributed by atoms with Crippen molar-refractivity contribution in [3.63, 3.8) is 0 Å². The second-order valence-electron chi connectivity index (χ2n) is 8.56. The van der Waals surface area contributed by atoms with Gasteiger partial charge in [0.05, 0.1) is 6.04 Å². The third-order valence-corrected chi connectivity index (χ3v) is 6.65. The van der Waals surface area contributed by atoms with Gasteiger partial charge in [-0.1, -0.05) is 30.3 Å². The molecule has 2 aromatic rings. The zero-order valence-electron chi connectivity index (χ0n) is 16.9. The fourth-order valence-corrected chi connectivity index (χ4v) is 5.01. The molecule has 3 saturated heterocycles. The minimum absolute atomic E-state index is 0.0488. The predicted octanol–water partition coefficient (Wildman–Crippen LogP) is 4.25. The van der Waals surface area contributed by atoms with E-state index in [0.29, 0.717) is 31.7 Å². The van der Waals surface area contributed by atoms with Crippen LogP contribution in [-0.2, 0) is 15.5 Å². The highest BCUT2D eigenvalue weighted by Crippen LogP contribution is 2.47. The van der Waals surface area contributed by atoms with Gasteiger partial charge in [0.15, 0.2) is 5.60 Å². The molecule has 1 amide bonds.